The summed E-state index contributed by atoms with van der Waals surface area (Å²) in [6, 6.07) is 0. The normalized spacial score (nSPS) is 12.1. The number of hydrogen-bond donors (Lipinski definition) is 0. The van der Waals surface area contributed by atoms with Crippen molar-refractivity contribution in [2.45, 2.75) is 303 Å². The molecule has 0 aliphatic rings. The van der Waals surface area contributed by atoms with Gasteiger partial charge in [-0.3, -0.25) is 14.4 Å². The van der Waals surface area contributed by atoms with Gasteiger partial charge in [-0.2, -0.15) is 0 Å². The number of rotatable bonds is 50. The zero-order valence-electron chi connectivity index (χ0n) is 41.7. The van der Waals surface area contributed by atoms with Gasteiger partial charge in [0.05, 0.1) is 0 Å². The third-order valence-corrected chi connectivity index (χ3v) is 12.2. The highest BCUT2D eigenvalue weighted by Gasteiger charge is 2.19. The van der Waals surface area contributed by atoms with Gasteiger partial charge in [0, 0.05) is 19.3 Å². The lowest BCUT2D eigenvalue weighted by molar-refractivity contribution is -0.167. The molecule has 1 atom stereocenters. The van der Waals surface area contributed by atoms with E-state index in [0.29, 0.717) is 19.3 Å². The molecule has 0 heterocycles. The van der Waals surface area contributed by atoms with Crippen LogP contribution in [0.1, 0.15) is 297 Å². The van der Waals surface area contributed by atoms with Gasteiger partial charge < -0.3 is 14.2 Å². The summed E-state index contributed by atoms with van der Waals surface area (Å²) in [5, 5.41) is 0. The molecule has 1 unspecified atom stereocenters. The molecule has 0 fully saturated rings. The van der Waals surface area contributed by atoms with Crippen molar-refractivity contribution >= 4 is 17.9 Å². The van der Waals surface area contributed by atoms with E-state index in [1.165, 1.54) is 180 Å². The van der Waals surface area contributed by atoms with E-state index in [-0.39, 0.29) is 31.1 Å². The summed E-state index contributed by atoms with van der Waals surface area (Å²) in [4.78, 5) is 37.9. The van der Waals surface area contributed by atoms with Gasteiger partial charge in [0.25, 0.3) is 0 Å². The Balaban J connectivity index is 4.22. The van der Waals surface area contributed by atoms with Crippen LogP contribution in [-0.4, -0.2) is 37.2 Å². The van der Waals surface area contributed by atoms with Crippen molar-refractivity contribution in [1.82, 2.24) is 0 Å². The van der Waals surface area contributed by atoms with E-state index in [4.69, 9.17) is 14.2 Å². The van der Waals surface area contributed by atoms with Crippen LogP contribution in [0.25, 0.3) is 0 Å². The molecule has 0 aromatic carbocycles. The highest BCUT2D eigenvalue weighted by molar-refractivity contribution is 5.71. The lowest BCUT2D eigenvalue weighted by atomic mass is 10.0. The first-order chi connectivity index (χ1) is 30.5. The zero-order chi connectivity index (χ0) is 45.1. The Bertz CT molecular complexity index is 1000. The van der Waals surface area contributed by atoms with Crippen molar-refractivity contribution in [2.24, 2.45) is 0 Å². The highest BCUT2D eigenvalue weighted by Crippen LogP contribution is 2.16. The second-order valence-corrected chi connectivity index (χ2v) is 18.5. The topological polar surface area (TPSA) is 78.9 Å². The predicted molar refractivity (Wildman–Crippen MR) is 266 cm³/mol. The summed E-state index contributed by atoms with van der Waals surface area (Å²) in [6.07, 6.45) is 58.9. The molecule has 0 N–H and O–H groups in total. The monoisotopic (exact) mass is 873 g/mol. The number of unbranched alkanes of at least 4 members (excludes halogenated alkanes) is 35. The fourth-order valence-corrected chi connectivity index (χ4v) is 8.06. The first-order valence-electron chi connectivity index (χ1n) is 27.3. The maximum absolute atomic E-state index is 12.8. The fraction of sp³-hybridized carbons (Fsp3) is 0.875. The van der Waals surface area contributed by atoms with Crippen molar-refractivity contribution in [3.8, 4) is 0 Å². The number of carbonyl (C=O) groups is 3. The van der Waals surface area contributed by atoms with Crippen LogP contribution in [0.4, 0.5) is 0 Å². The average Bonchev–Trinajstić information content (AvgIpc) is 3.27. The van der Waals surface area contributed by atoms with Gasteiger partial charge in [0.2, 0.25) is 0 Å². The number of ether oxygens (including phenoxy) is 3. The molecule has 0 rings (SSSR count). The van der Waals surface area contributed by atoms with Crippen LogP contribution in [0.5, 0.6) is 0 Å². The number of carbonyl (C=O) groups excluding carboxylic acids is 3. The molecule has 0 spiro atoms. The summed E-state index contributed by atoms with van der Waals surface area (Å²) < 4.78 is 16.8. The van der Waals surface area contributed by atoms with E-state index in [1.807, 2.05) is 0 Å². The quantitative estimate of drug-likeness (QED) is 0.0262. The first-order valence-corrected chi connectivity index (χ1v) is 27.3. The molecule has 0 saturated carbocycles. The Hall–Kier alpha value is -2.11. The fourth-order valence-electron chi connectivity index (χ4n) is 8.06. The molecule has 0 bridgehead atoms. The molecule has 0 aromatic rings. The lowest BCUT2D eigenvalue weighted by Gasteiger charge is -2.18. The van der Waals surface area contributed by atoms with Crippen LogP contribution >= 0.6 is 0 Å². The third-order valence-electron chi connectivity index (χ3n) is 12.2. The minimum atomic E-state index is -0.772. The molecular weight excluding hydrogens is 769 g/mol. The summed E-state index contributed by atoms with van der Waals surface area (Å²) >= 11 is 0. The number of allylic oxidation sites excluding steroid dienone is 4. The molecule has 0 saturated heterocycles. The maximum atomic E-state index is 12.8. The van der Waals surface area contributed by atoms with E-state index >= 15 is 0 Å². The molecule has 6 nitrogen and oxygen atoms in total. The van der Waals surface area contributed by atoms with Gasteiger partial charge in [-0.1, -0.05) is 251 Å². The summed E-state index contributed by atoms with van der Waals surface area (Å²) in [5.41, 5.74) is 0. The lowest BCUT2D eigenvalue weighted by Crippen LogP contribution is -2.30. The van der Waals surface area contributed by atoms with E-state index in [9.17, 15) is 14.4 Å². The van der Waals surface area contributed by atoms with E-state index in [0.717, 1.165) is 77.0 Å². The van der Waals surface area contributed by atoms with Crippen LogP contribution < -0.4 is 0 Å². The smallest absolute Gasteiger partial charge is 0.306 e. The van der Waals surface area contributed by atoms with Gasteiger partial charge in [-0.25, -0.2) is 0 Å². The van der Waals surface area contributed by atoms with Crippen LogP contribution in [0, 0.1) is 0 Å². The summed E-state index contributed by atoms with van der Waals surface area (Å²) in [6.45, 7) is 6.62. The Labute approximate surface area is 385 Å². The van der Waals surface area contributed by atoms with Gasteiger partial charge >= 0.3 is 17.9 Å². The van der Waals surface area contributed by atoms with E-state index < -0.39 is 6.10 Å². The summed E-state index contributed by atoms with van der Waals surface area (Å²) in [5.74, 6) is -0.875. The average molecular weight is 873 g/mol. The standard InChI is InChI=1S/C56H104O6/c1-4-7-10-13-16-19-21-23-25-27-28-29-30-32-33-35-37-40-43-46-49-55(58)61-52-53(51-60-54(57)48-45-42-39-18-15-12-9-6-3)62-56(59)50-47-44-41-38-36-34-31-26-24-22-20-17-14-11-8-5-2/h20,22,26,31,53H,4-19,21,23-25,27-30,32-52H2,1-3H3/b22-20-,31-26-. The molecule has 6 heteroatoms. The van der Waals surface area contributed by atoms with Crippen LogP contribution in [0.2, 0.25) is 0 Å². The van der Waals surface area contributed by atoms with Crippen LogP contribution in [0.3, 0.4) is 0 Å². The van der Waals surface area contributed by atoms with Crippen molar-refractivity contribution < 1.29 is 28.6 Å². The van der Waals surface area contributed by atoms with E-state index in [2.05, 4.69) is 45.1 Å². The molecule has 0 aliphatic carbocycles. The number of esters is 3. The summed E-state index contributed by atoms with van der Waals surface area (Å²) in [7, 11) is 0. The molecule has 0 aromatic heterocycles. The largest absolute Gasteiger partial charge is 0.462 e. The third kappa shape index (κ3) is 48.9. The minimum Gasteiger partial charge on any atom is -0.462 e. The Kier molecular flexibility index (Phi) is 49.8. The van der Waals surface area contributed by atoms with Crippen molar-refractivity contribution in [2.75, 3.05) is 13.2 Å². The zero-order valence-corrected chi connectivity index (χ0v) is 41.7. The van der Waals surface area contributed by atoms with Crippen molar-refractivity contribution in [3.05, 3.63) is 24.3 Å². The SMILES string of the molecule is CCCCCC/C=C\C/C=C\CCCCCCCC(=O)OC(COC(=O)CCCCCCCCCC)COC(=O)CCCCCCCCCCCCCCCCCCCCCC. The minimum absolute atomic E-state index is 0.0723. The number of hydrogen-bond acceptors (Lipinski definition) is 6. The Morgan fingerprint density at radius 1 is 0.323 bits per heavy atom. The maximum Gasteiger partial charge on any atom is 0.306 e. The second kappa shape index (κ2) is 51.5. The van der Waals surface area contributed by atoms with E-state index in [1.54, 1.807) is 0 Å². The van der Waals surface area contributed by atoms with Gasteiger partial charge in [-0.05, 0) is 51.4 Å². The molecule has 364 valence electrons. The second-order valence-electron chi connectivity index (χ2n) is 18.5. The Morgan fingerprint density at radius 3 is 0.903 bits per heavy atom. The predicted octanol–water partition coefficient (Wildman–Crippen LogP) is 17.9. The van der Waals surface area contributed by atoms with Gasteiger partial charge in [0.1, 0.15) is 13.2 Å². The van der Waals surface area contributed by atoms with Crippen molar-refractivity contribution in [1.29, 1.82) is 0 Å². The first kappa shape index (κ1) is 59.9. The molecular formula is C56H104O6. The molecule has 0 amide bonds. The Morgan fingerprint density at radius 2 is 0.581 bits per heavy atom. The van der Waals surface area contributed by atoms with Crippen LogP contribution in [-0.2, 0) is 28.6 Å². The van der Waals surface area contributed by atoms with Gasteiger partial charge in [0.15, 0.2) is 6.10 Å². The molecule has 0 aliphatic heterocycles. The van der Waals surface area contributed by atoms with Gasteiger partial charge in [-0.15, -0.1) is 0 Å². The van der Waals surface area contributed by atoms with Crippen LogP contribution in [0.15, 0.2) is 24.3 Å². The molecule has 62 heavy (non-hydrogen) atoms. The molecule has 0 radical (unpaired) electrons. The highest BCUT2D eigenvalue weighted by atomic mass is 16.6. The van der Waals surface area contributed by atoms with Crippen molar-refractivity contribution in [3.63, 3.8) is 0 Å².